The molecule has 10 heavy (non-hydrogen) atoms. The van der Waals surface area contributed by atoms with Crippen molar-refractivity contribution in [3.05, 3.63) is 0 Å². The fraction of sp³-hybridized carbons (Fsp3) is 1.00. The summed E-state index contributed by atoms with van der Waals surface area (Å²) in [6, 6.07) is 0. The van der Waals surface area contributed by atoms with Crippen LogP contribution in [0.15, 0.2) is 0 Å². The Balaban J connectivity index is 2.17. The van der Waals surface area contributed by atoms with Gasteiger partial charge in [0.15, 0.2) is 0 Å². The van der Waals surface area contributed by atoms with Crippen molar-refractivity contribution in [1.29, 1.82) is 0 Å². The van der Waals surface area contributed by atoms with Crippen LogP contribution in [0.3, 0.4) is 0 Å². The Bertz CT molecular complexity index is 73.3. The molecule has 2 unspecified atom stereocenters. The minimum atomic E-state index is 0.128. The highest BCUT2D eigenvalue weighted by atomic mass is 16.5. The lowest BCUT2D eigenvalue weighted by Gasteiger charge is -2.26. The summed E-state index contributed by atoms with van der Waals surface area (Å²) >= 11 is 0. The molecule has 60 valence electrons. The van der Waals surface area contributed by atoms with Crippen molar-refractivity contribution < 1.29 is 9.84 Å². The molecule has 0 radical (unpaired) electrons. The van der Waals surface area contributed by atoms with Crippen molar-refractivity contribution in [2.45, 2.75) is 32.3 Å². The second-order valence-electron chi connectivity index (χ2n) is 2.99. The van der Waals surface area contributed by atoms with E-state index in [0.717, 1.165) is 18.9 Å². The average Bonchev–Trinajstić information content (AvgIpc) is 2.05. The van der Waals surface area contributed by atoms with Crippen LogP contribution < -0.4 is 0 Å². The molecule has 0 aromatic heterocycles. The first-order valence-electron chi connectivity index (χ1n) is 4.09. The van der Waals surface area contributed by atoms with E-state index in [1.807, 2.05) is 0 Å². The number of rotatable bonds is 2. The van der Waals surface area contributed by atoms with Crippen LogP contribution >= 0.6 is 0 Å². The highest BCUT2D eigenvalue weighted by molar-refractivity contribution is 4.68. The molecule has 0 bridgehead atoms. The maximum absolute atomic E-state index is 8.72. The Kier molecular flexibility index (Phi) is 3.16. The number of aliphatic hydroxyl groups is 1. The molecule has 1 aliphatic heterocycles. The van der Waals surface area contributed by atoms with E-state index < -0.39 is 0 Å². The average molecular weight is 144 g/mol. The van der Waals surface area contributed by atoms with Crippen LogP contribution in [0, 0.1) is 5.92 Å². The van der Waals surface area contributed by atoms with Gasteiger partial charge in [0.05, 0.1) is 12.7 Å². The van der Waals surface area contributed by atoms with Crippen molar-refractivity contribution in [3.63, 3.8) is 0 Å². The third-order valence-electron chi connectivity index (χ3n) is 2.25. The fourth-order valence-corrected chi connectivity index (χ4v) is 1.33. The predicted octanol–water partition coefficient (Wildman–Crippen LogP) is 1.18. The van der Waals surface area contributed by atoms with Crippen molar-refractivity contribution in [3.8, 4) is 0 Å². The zero-order chi connectivity index (χ0) is 7.40. The molecule has 2 nitrogen and oxygen atoms in total. The van der Waals surface area contributed by atoms with E-state index in [9.17, 15) is 0 Å². The monoisotopic (exact) mass is 144 g/mol. The normalized spacial score (nSPS) is 34.2. The van der Waals surface area contributed by atoms with Gasteiger partial charge < -0.3 is 9.84 Å². The zero-order valence-electron chi connectivity index (χ0n) is 6.55. The molecular weight excluding hydrogens is 128 g/mol. The minimum absolute atomic E-state index is 0.128. The Morgan fingerprint density at radius 1 is 1.50 bits per heavy atom. The van der Waals surface area contributed by atoms with Crippen molar-refractivity contribution in [1.82, 2.24) is 0 Å². The van der Waals surface area contributed by atoms with Crippen molar-refractivity contribution in [2.75, 3.05) is 13.2 Å². The molecule has 1 rings (SSSR count). The molecular formula is C8H16O2. The number of hydrogen-bond donors (Lipinski definition) is 1. The van der Waals surface area contributed by atoms with Crippen LogP contribution in [0.25, 0.3) is 0 Å². The molecule has 0 aromatic rings. The molecule has 1 saturated heterocycles. The summed E-state index contributed by atoms with van der Waals surface area (Å²) in [6.07, 6.45) is 3.59. The molecule has 2 heteroatoms. The molecule has 1 fully saturated rings. The van der Waals surface area contributed by atoms with E-state index in [-0.39, 0.29) is 12.7 Å². The van der Waals surface area contributed by atoms with Gasteiger partial charge in [-0.05, 0) is 18.8 Å². The summed E-state index contributed by atoms with van der Waals surface area (Å²) in [5.74, 6) is 0.739. The lowest BCUT2D eigenvalue weighted by molar-refractivity contribution is -0.0431. The van der Waals surface area contributed by atoms with Crippen LogP contribution in [0.1, 0.15) is 26.2 Å². The van der Waals surface area contributed by atoms with E-state index in [0.29, 0.717) is 0 Å². The zero-order valence-corrected chi connectivity index (χ0v) is 6.55. The number of hydrogen-bond acceptors (Lipinski definition) is 2. The van der Waals surface area contributed by atoms with Gasteiger partial charge in [-0.15, -0.1) is 0 Å². The van der Waals surface area contributed by atoms with Gasteiger partial charge in [0.25, 0.3) is 0 Å². The Hall–Kier alpha value is -0.0800. The van der Waals surface area contributed by atoms with Crippen LogP contribution in [-0.4, -0.2) is 24.4 Å². The summed E-state index contributed by atoms with van der Waals surface area (Å²) in [5, 5.41) is 8.72. The lowest BCUT2D eigenvalue weighted by Crippen LogP contribution is -2.27. The lowest BCUT2D eigenvalue weighted by atomic mass is 9.97. The standard InChI is InChI=1S/C8H16O2/c1-2-7-3-4-8(5-9)10-6-7/h7-9H,2-6H2,1H3. The summed E-state index contributed by atoms with van der Waals surface area (Å²) in [5.41, 5.74) is 0. The van der Waals surface area contributed by atoms with E-state index in [2.05, 4.69) is 6.92 Å². The molecule has 0 spiro atoms. The quantitative estimate of drug-likeness (QED) is 0.630. The molecule has 0 aliphatic carbocycles. The Morgan fingerprint density at radius 3 is 2.70 bits per heavy atom. The molecule has 2 atom stereocenters. The predicted molar refractivity (Wildman–Crippen MR) is 39.8 cm³/mol. The minimum Gasteiger partial charge on any atom is -0.394 e. The first-order valence-corrected chi connectivity index (χ1v) is 4.09. The SMILES string of the molecule is CCC1CCC(CO)OC1. The molecule has 1 heterocycles. The number of ether oxygens (including phenoxy) is 1. The highest BCUT2D eigenvalue weighted by Crippen LogP contribution is 2.20. The van der Waals surface area contributed by atoms with Gasteiger partial charge in [-0.1, -0.05) is 13.3 Å². The fourth-order valence-electron chi connectivity index (χ4n) is 1.33. The van der Waals surface area contributed by atoms with Gasteiger partial charge in [-0.2, -0.15) is 0 Å². The van der Waals surface area contributed by atoms with Gasteiger partial charge in [0.2, 0.25) is 0 Å². The van der Waals surface area contributed by atoms with Crippen LogP contribution in [0.2, 0.25) is 0 Å². The van der Waals surface area contributed by atoms with Gasteiger partial charge in [0, 0.05) is 6.61 Å². The first kappa shape index (κ1) is 8.02. The van der Waals surface area contributed by atoms with Crippen molar-refractivity contribution in [2.24, 2.45) is 5.92 Å². The molecule has 1 N–H and O–H groups in total. The van der Waals surface area contributed by atoms with Crippen LogP contribution in [0.4, 0.5) is 0 Å². The van der Waals surface area contributed by atoms with Gasteiger partial charge >= 0.3 is 0 Å². The largest absolute Gasteiger partial charge is 0.394 e. The summed E-state index contributed by atoms with van der Waals surface area (Å²) in [4.78, 5) is 0. The molecule has 0 amide bonds. The maximum Gasteiger partial charge on any atom is 0.0806 e. The van der Waals surface area contributed by atoms with E-state index in [1.165, 1.54) is 12.8 Å². The molecule has 1 aliphatic rings. The van der Waals surface area contributed by atoms with Gasteiger partial charge in [0.1, 0.15) is 0 Å². The van der Waals surface area contributed by atoms with Crippen LogP contribution in [0.5, 0.6) is 0 Å². The Labute approximate surface area is 62.2 Å². The third kappa shape index (κ3) is 1.96. The summed E-state index contributed by atoms with van der Waals surface area (Å²) in [6.45, 7) is 3.23. The summed E-state index contributed by atoms with van der Waals surface area (Å²) < 4.78 is 5.38. The third-order valence-corrected chi connectivity index (χ3v) is 2.25. The van der Waals surface area contributed by atoms with E-state index in [1.54, 1.807) is 0 Å². The van der Waals surface area contributed by atoms with E-state index >= 15 is 0 Å². The van der Waals surface area contributed by atoms with E-state index in [4.69, 9.17) is 9.84 Å². The summed E-state index contributed by atoms with van der Waals surface area (Å²) in [7, 11) is 0. The Morgan fingerprint density at radius 2 is 2.30 bits per heavy atom. The van der Waals surface area contributed by atoms with Crippen molar-refractivity contribution >= 4 is 0 Å². The van der Waals surface area contributed by atoms with Crippen LogP contribution in [-0.2, 0) is 4.74 Å². The van der Waals surface area contributed by atoms with Gasteiger partial charge in [-0.25, -0.2) is 0 Å². The second-order valence-corrected chi connectivity index (χ2v) is 2.99. The first-order chi connectivity index (χ1) is 4.86. The second kappa shape index (κ2) is 3.94. The highest BCUT2D eigenvalue weighted by Gasteiger charge is 2.18. The topological polar surface area (TPSA) is 29.5 Å². The smallest absolute Gasteiger partial charge is 0.0806 e. The van der Waals surface area contributed by atoms with Gasteiger partial charge in [-0.3, -0.25) is 0 Å². The maximum atomic E-state index is 8.72. The molecule has 0 aromatic carbocycles. The molecule has 0 saturated carbocycles. The number of aliphatic hydroxyl groups excluding tert-OH is 1.